The third kappa shape index (κ3) is 11.5. The van der Waals surface area contributed by atoms with Gasteiger partial charge in [0.05, 0.1) is 0 Å². The second-order valence-electron chi connectivity index (χ2n) is 2.18. The van der Waals surface area contributed by atoms with Crippen molar-refractivity contribution < 1.29 is 23.6 Å². The van der Waals surface area contributed by atoms with Gasteiger partial charge in [-0.3, -0.25) is 0 Å². The second kappa shape index (κ2) is 11.5. The summed E-state index contributed by atoms with van der Waals surface area (Å²) in [6.45, 7) is 2.91. The molecular weight excluding hydrogens is 175 g/mol. The van der Waals surface area contributed by atoms with Gasteiger partial charge in [0, 0.05) is 0 Å². The molecule has 0 heterocycles. The molecule has 0 amide bonds. The van der Waals surface area contributed by atoms with Gasteiger partial charge in [-0.1, -0.05) is 0 Å². The number of rotatable bonds is 10. The van der Waals surface area contributed by atoms with E-state index in [0.29, 0.717) is 47.0 Å². The fourth-order valence-electron chi connectivity index (χ4n) is 0.619. The predicted octanol–water partition coefficient (Wildman–Crippen LogP) is -0.353. The van der Waals surface area contributed by atoms with Crippen molar-refractivity contribution in [1.29, 1.82) is 0 Å². The Morgan fingerprint density at radius 3 is 2.00 bits per heavy atom. The van der Waals surface area contributed by atoms with E-state index < -0.39 is 0 Å². The summed E-state index contributed by atoms with van der Waals surface area (Å²) in [4.78, 5) is 0. The molecule has 0 spiro atoms. The Kier molecular flexibility index (Phi) is 11.1. The van der Waals surface area contributed by atoms with Crippen LogP contribution >= 0.6 is 0 Å². The van der Waals surface area contributed by atoms with Gasteiger partial charge in [-0.05, 0) is 0 Å². The molecule has 0 saturated heterocycles. The van der Waals surface area contributed by atoms with Crippen LogP contribution in [0.4, 0.5) is 0 Å². The minimum atomic E-state index is 0.293. The molecule has 0 rings (SSSR count). The van der Waals surface area contributed by atoms with Gasteiger partial charge in [0.25, 0.3) is 0 Å². The van der Waals surface area contributed by atoms with Crippen LogP contribution in [-0.2, 0) is 23.6 Å². The van der Waals surface area contributed by atoms with Gasteiger partial charge in [-0.2, -0.15) is 0 Å². The van der Waals surface area contributed by atoms with E-state index in [9.17, 15) is 4.70 Å². The summed E-state index contributed by atoms with van der Waals surface area (Å²) in [5.41, 5.74) is 0. The SMILES string of the molecule is COCCOCCOCCOB=O. The predicted molar refractivity (Wildman–Crippen MR) is 45.9 cm³/mol. The van der Waals surface area contributed by atoms with Gasteiger partial charge >= 0.3 is 77.7 Å². The Bertz CT molecular complexity index is 111. The van der Waals surface area contributed by atoms with Crippen LogP contribution in [0, 0.1) is 0 Å². The number of ether oxygens (including phenoxy) is 3. The summed E-state index contributed by atoms with van der Waals surface area (Å²) in [6.07, 6.45) is 0. The van der Waals surface area contributed by atoms with Crippen LogP contribution in [-0.4, -0.2) is 54.1 Å². The zero-order valence-corrected chi connectivity index (χ0v) is 7.86. The zero-order valence-electron chi connectivity index (χ0n) is 7.86. The molecule has 0 aliphatic carbocycles. The summed E-state index contributed by atoms with van der Waals surface area (Å²) in [6, 6.07) is 0. The molecule has 0 aromatic carbocycles. The topological polar surface area (TPSA) is 54.0 Å². The average Bonchev–Trinajstić information content (AvgIpc) is 2.16. The molecule has 0 bridgehead atoms. The minimum absolute atomic E-state index is 0.293. The molecule has 6 heteroatoms. The van der Waals surface area contributed by atoms with Crippen LogP contribution < -0.4 is 0 Å². The first-order valence-corrected chi connectivity index (χ1v) is 4.11. The van der Waals surface area contributed by atoms with Crippen molar-refractivity contribution in [2.75, 3.05) is 46.8 Å². The van der Waals surface area contributed by atoms with Crippen LogP contribution in [0.15, 0.2) is 0 Å². The van der Waals surface area contributed by atoms with Crippen molar-refractivity contribution >= 4 is 7.35 Å². The summed E-state index contributed by atoms with van der Waals surface area (Å²) in [7, 11) is 2.02. The molecule has 0 unspecified atom stereocenters. The molecule has 0 aromatic rings. The first-order chi connectivity index (χ1) is 6.41. The monoisotopic (exact) mass is 190 g/mol. The molecule has 76 valence electrons. The summed E-state index contributed by atoms with van der Waals surface area (Å²) >= 11 is 0. The van der Waals surface area contributed by atoms with E-state index in [2.05, 4.69) is 4.65 Å². The van der Waals surface area contributed by atoms with E-state index in [1.54, 1.807) is 7.11 Å². The number of methoxy groups -OCH3 is 1. The van der Waals surface area contributed by atoms with Crippen LogP contribution in [0.3, 0.4) is 0 Å². The van der Waals surface area contributed by atoms with Crippen LogP contribution in [0.1, 0.15) is 0 Å². The Hall–Kier alpha value is -0.455. The molecule has 0 radical (unpaired) electrons. The molecule has 0 N–H and O–H groups in total. The van der Waals surface area contributed by atoms with Crippen molar-refractivity contribution in [3.8, 4) is 0 Å². The van der Waals surface area contributed by atoms with Gasteiger partial charge in [-0.25, -0.2) is 0 Å². The zero-order chi connectivity index (χ0) is 9.78. The Morgan fingerprint density at radius 1 is 0.923 bits per heavy atom. The van der Waals surface area contributed by atoms with Gasteiger partial charge in [-0.15, -0.1) is 0 Å². The molecule has 13 heavy (non-hydrogen) atoms. The van der Waals surface area contributed by atoms with Crippen molar-refractivity contribution in [3.63, 3.8) is 0 Å². The van der Waals surface area contributed by atoms with Crippen LogP contribution in [0.5, 0.6) is 0 Å². The maximum atomic E-state index is 9.70. The Morgan fingerprint density at radius 2 is 1.46 bits per heavy atom. The van der Waals surface area contributed by atoms with Gasteiger partial charge in [0.2, 0.25) is 0 Å². The molecule has 0 saturated carbocycles. The summed E-state index contributed by atoms with van der Waals surface area (Å²) in [5.74, 6) is 0. The van der Waals surface area contributed by atoms with E-state index in [4.69, 9.17) is 14.2 Å². The van der Waals surface area contributed by atoms with Crippen molar-refractivity contribution in [1.82, 2.24) is 0 Å². The molecule has 5 nitrogen and oxygen atoms in total. The normalized spacial score (nSPS) is 9.62. The van der Waals surface area contributed by atoms with Crippen LogP contribution in [0.2, 0.25) is 0 Å². The van der Waals surface area contributed by atoms with Crippen molar-refractivity contribution in [3.05, 3.63) is 0 Å². The molecular formula is C7H15BO5. The van der Waals surface area contributed by atoms with E-state index in [0.717, 1.165) is 0 Å². The molecule has 0 aliphatic heterocycles. The molecule has 0 aliphatic rings. The van der Waals surface area contributed by atoms with E-state index in [-0.39, 0.29) is 0 Å². The first kappa shape index (κ1) is 12.5. The third-order valence-electron chi connectivity index (χ3n) is 1.22. The van der Waals surface area contributed by atoms with E-state index >= 15 is 0 Å². The molecule has 0 atom stereocenters. The van der Waals surface area contributed by atoms with Gasteiger partial charge in [0.15, 0.2) is 0 Å². The Labute approximate surface area is 78.6 Å². The van der Waals surface area contributed by atoms with Gasteiger partial charge in [0.1, 0.15) is 0 Å². The maximum absolute atomic E-state index is 9.70. The van der Waals surface area contributed by atoms with Crippen molar-refractivity contribution in [2.45, 2.75) is 0 Å². The average molecular weight is 190 g/mol. The first-order valence-electron chi connectivity index (χ1n) is 4.11. The fraction of sp³-hybridized carbons (Fsp3) is 1.00. The quantitative estimate of drug-likeness (QED) is 0.348. The fourth-order valence-corrected chi connectivity index (χ4v) is 0.619. The van der Waals surface area contributed by atoms with Crippen LogP contribution in [0.25, 0.3) is 0 Å². The number of hydrogen-bond acceptors (Lipinski definition) is 5. The molecule has 0 aromatic heterocycles. The molecule has 0 fully saturated rings. The standard InChI is InChI=1S/C7H15BO5/c1-10-2-3-11-4-5-12-6-7-13-8-9/h2-7H2,1H3. The Balaban J connectivity index is 2.79. The van der Waals surface area contributed by atoms with E-state index in [1.165, 1.54) is 0 Å². The van der Waals surface area contributed by atoms with E-state index in [1.807, 2.05) is 0 Å². The van der Waals surface area contributed by atoms with Crippen molar-refractivity contribution in [2.24, 2.45) is 0 Å². The third-order valence-corrected chi connectivity index (χ3v) is 1.22. The number of hydrogen-bond donors (Lipinski definition) is 0. The second-order valence-corrected chi connectivity index (χ2v) is 2.18. The van der Waals surface area contributed by atoms with Gasteiger partial charge < -0.3 is 0 Å². The summed E-state index contributed by atoms with van der Waals surface area (Å²) in [5, 5.41) is 0. The summed E-state index contributed by atoms with van der Waals surface area (Å²) < 4.78 is 29.1.